The fourth-order valence-corrected chi connectivity index (χ4v) is 3.94. The number of ether oxygens (including phenoxy) is 2. The average Bonchev–Trinajstić information content (AvgIpc) is 3.17. The van der Waals surface area contributed by atoms with Gasteiger partial charge in [-0.2, -0.15) is 0 Å². The van der Waals surface area contributed by atoms with E-state index in [2.05, 4.69) is 5.32 Å². The van der Waals surface area contributed by atoms with Crippen molar-refractivity contribution in [3.63, 3.8) is 0 Å². The molecule has 0 fully saturated rings. The number of nitrogens with zero attached hydrogens (tertiary/aromatic N) is 1. The zero-order chi connectivity index (χ0) is 19.5. The monoisotopic (exact) mass is 390 g/mol. The molecule has 0 aliphatic rings. The maximum Gasteiger partial charge on any atom is 0.255 e. The van der Waals surface area contributed by atoms with Crippen molar-refractivity contribution < 1.29 is 14.3 Å². The Labute approximate surface area is 166 Å². The van der Waals surface area contributed by atoms with Gasteiger partial charge in [0.2, 0.25) is 0 Å². The number of methoxy groups -OCH3 is 2. The van der Waals surface area contributed by atoms with E-state index in [1.54, 1.807) is 43.8 Å². The molecule has 1 heterocycles. The van der Waals surface area contributed by atoms with E-state index in [9.17, 15) is 4.79 Å². The molecule has 0 saturated heterocycles. The first-order valence-corrected chi connectivity index (χ1v) is 9.49. The zero-order valence-corrected chi connectivity index (χ0v) is 16.2. The summed E-state index contributed by atoms with van der Waals surface area (Å²) in [5.41, 5.74) is 3.03. The van der Waals surface area contributed by atoms with E-state index in [1.807, 2.05) is 48.5 Å². The third-order valence-corrected chi connectivity index (χ3v) is 5.41. The zero-order valence-electron chi connectivity index (χ0n) is 15.4. The number of thiazole rings is 1. The van der Waals surface area contributed by atoms with E-state index in [4.69, 9.17) is 14.5 Å². The van der Waals surface area contributed by atoms with Crippen LogP contribution in [-0.4, -0.2) is 25.1 Å². The second-order valence-electron chi connectivity index (χ2n) is 6.06. The van der Waals surface area contributed by atoms with Crippen LogP contribution in [0, 0.1) is 0 Å². The van der Waals surface area contributed by atoms with Crippen LogP contribution in [0.15, 0.2) is 66.7 Å². The van der Waals surface area contributed by atoms with Crippen molar-refractivity contribution in [2.45, 2.75) is 0 Å². The SMILES string of the molecule is COc1ccc(C(=O)Nc2ccccc2-c2nc3ccccc3s2)cc1OC. The molecule has 0 aliphatic carbocycles. The standard InChI is InChI=1S/C22H18N2O3S/c1-26-18-12-11-14(13-19(18)27-2)21(25)23-16-8-4-3-7-15(16)22-24-17-9-5-6-10-20(17)28-22/h3-13H,1-2H3,(H,23,25). The van der Waals surface area contributed by atoms with Gasteiger partial charge in [0.1, 0.15) is 5.01 Å². The van der Waals surface area contributed by atoms with Crippen LogP contribution >= 0.6 is 11.3 Å². The molecule has 0 atom stereocenters. The number of carbonyl (C=O) groups excluding carboxylic acids is 1. The number of fused-ring (bicyclic) bond motifs is 1. The fraction of sp³-hybridized carbons (Fsp3) is 0.0909. The van der Waals surface area contributed by atoms with Gasteiger partial charge >= 0.3 is 0 Å². The van der Waals surface area contributed by atoms with E-state index in [-0.39, 0.29) is 5.91 Å². The van der Waals surface area contributed by atoms with Crippen molar-refractivity contribution in [3.05, 3.63) is 72.3 Å². The number of hydrogen-bond acceptors (Lipinski definition) is 5. The number of amides is 1. The predicted octanol–water partition coefficient (Wildman–Crippen LogP) is 5.23. The lowest BCUT2D eigenvalue weighted by Gasteiger charge is -2.11. The van der Waals surface area contributed by atoms with Crippen LogP contribution in [0.1, 0.15) is 10.4 Å². The van der Waals surface area contributed by atoms with Crippen LogP contribution in [0.5, 0.6) is 11.5 Å². The fourth-order valence-electron chi connectivity index (χ4n) is 2.94. The number of hydrogen-bond donors (Lipinski definition) is 1. The number of benzene rings is 3. The van der Waals surface area contributed by atoms with Gasteiger partial charge in [0, 0.05) is 11.1 Å². The first kappa shape index (κ1) is 18.0. The summed E-state index contributed by atoms with van der Waals surface area (Å²) in [5.74, 6) is 0.859. The second kappa shape index (κ2) is 7.70. The van der Waals surface area contributed by atoms with Gasteiger partial charge in [-0.1, -0.05) is 24.3 Å². The van der Waals surface area contributed by atoms with E-state index in [0.29, 0.717) is 22.7 Å². The van der Waals surface area contributed by atoms with Gasteiger partial charge in [0.25, 0.3) is 5.91 Å². The van der Waals surface area contributed by atoms with Crippen molar-refractivity contribution in [2.75, 3.05) is 19.5 Å². The first-order chi connectivity index (χ1) is 13.7. The third kappa shape index (κ3) is 3.42. The van der Waals surface area contributed by atoms with Gasteiger partial charge in [-0.25, -0.2) is 4.98 Å². The number of anilines is 1. The largest absolute Gasteiger partial charge is 0.493 e. The summed E-state index contributed by atoms with van der Waals surface area (Å²) in [5, 5.41) is 3.85. The molecule has 4 aromatic rings. The minimum atomic E-state index is -0.227. The molecule has 0 spiro atoms. The smallest absolute Gasteiger partial charge is 0.255 e. The summed E-state index contributed by atoms with van der Waals surface area (Å²) < 4.78 is 11.6. The summed E-state index contributed by atoms with van der Waals surface area (Å²) in [4.78, 5) is 17.5. The van der Waals surface area contributed by atoms with E-state index in [1.165, 1.54) is 0 Å². The molecule has 0 bridgehead atoms. The van der Waals surface area contributed by atoms with Crippen LogP contribution in [0.4, 0.5) is 5.69 Å². The van der Waals surface area contributed by atoms with E-state index in [0.717, 1.165) is 20.8 Å². The van der Waals surface area contributed by atoms with Gasteiger partial charge in [-0.05, 0) is 42.5 Å². The topological polar surface area (TPSA) is 60.5 Å². The molecular weight excluding hydrogens is 372 g/mol. The molecule has 4 rings (SSSR count). The van der Waals surface area contributed by atoms with E-state index >= 15 is 0 Å². The number of carbonyl (C=O) groups is 1. The Kier molecular flexibility index (Phi) is 4.95. The van der Waals surface area contributed by atoms with E-state index < -0.39 is 0 Å². The number of para-hydroxylation sites is 2. The van der Waals surface area contributed by atoms with Crippen molar-refractivity contribution in [3.8, 4) is 22.1 Å². The maximum absolute atomic E-state index is 12.8. The summed E-state index contributed by atoms with van der Waals surface area (Å²) in [7, 11) is 3.10. The summed E-state index contributed by atoms with van der Waals surface area (Å²) in [6.45, 7) is 0. The van der Waals surface area contributed by atoms with Crippen molar-refractivity contribution in [1.29, 1.82) is 0 Å². The lowest BCUT2D eigenvalue weighted by atomic mass is 10.1. The Bertz CT molecular complexity index is 1120. The molecule has 0 radical (unpaired) electrons. The lowest BCUT2D eigenvalue weighted by Crippen LogP contribution is -2.12. The molecule has 140 valence electrons. The molecule has 1 aromatic heterocycles. The third-order valence-electron chi connectivity index (χ3n) is 4.35. The molecule has 0 aliphatic heterocycles. The van der Waals surface area contributed by atoms with Crippen molar-refractivity contribution >= 4 is 33.1 Å². The molecule has 0 unspecified atom stereocenters. The van der Waals surface area contributed by atoms with Crippen LogP contribution < -0.4 is 14.8 Å². The van der Waals surface area contributed by atoms with Crippen LogP contribution in [0.3, 0.4) is 0 Å². The normalized spacial score (nSPS) is 10.6. The number of aromatic nitrogens is 1. The molecular formula is C22H18N2O3S. The number of nitrogens with one attached hydrogen (secondary N) is 1. The highest BCUT2D eigenvalue weighted by Gasteiger charge is 2.15. The number of rotatable bonds is 5. The maximum atomic E-state index is 12.8. The highest BCUT2D eigenvalue weighted by Crippen LogP contribution is 2.35. The molecule has 5 nitrogen and oxygen atoms in total. The van der Waals surface area contributed by atoms with Crippen molar-refractivity contribution in [1.82, 2.24) is 4.98 Å². The molecule has 1 amide bonds. The summed E-state index contributed by atoms with van der Waals surface area (Å²) in [6, 6.07) is 20.7. The Morgan fingerprint density at radius 1 is 0.929 bits per heavy atom. The Hall–Kier alpha value is -3.38. The molecule has 28 heavy (non-hydrogen) atoms. The molecule has 6 heteroatoms. The quantitative estimate of drug-likeness (QED) is 0.507. The molecule has 1 N–H and O–H groups in total. The highest BCUT2D eigenvalue weighted by atomic mass is 32.1. The molecule has 3 aromatic carbocycles. The summed E-state index contributed by atoms with van der Waals surface area (Å²) >= 11 is 1.60. The lowest BCUT2D eigenvalue weighted by molar-refractivity contribution is 0.102. The predicted molar refractivity (Wildman–Crippen MR) is 113 cm³/mol. The first-order valence-electron chi connectivity index (χ1n) is 8.68. The highest BCUT2D eigenvalue weighted by molar-refractivity contribution is 7.21. The van der Waals surface area contributed by atoms with Crippen LogP contribution in [0.2, 0.25) is 0 Å². The van der Waals surface area contributed by atoms with Gasteiger partial charge in [-0.15, -0.1) is 11.3 Å². The van der Waals surface area contributed by atoms with Crippen LogP contribution in [0.25, 0.3) is 20.8 Å². The Morgan fingerprint density at radius 3 is 2.46 bits per heavy atom. The van der Waals surface area contributed by atoms with Gasteiger partial charge in [0.05, 0.1) is 30.1 Å². The van der Waals surface area contributed by atoms with Crippen molar-refractivity contribution in [2.24, 2.45) is 0 Å². The Morgan fingerprint density at radius 2 is 1.68 bits per heavy atom. The Balaban J connectivity index is 1.66. The van der Waals surface area contributed by atoms with Gasteiger partial charge in [0.15, 0.2) is 11.5 Å². The van der Waals surface area contributed by atoms with Gasteiger partial charge in [-0.3, -0.25) is 4.79 Å². The minimum Gasteiger partial charge on any atom is -0.493 e. The van der Waals surface area contributed by atoms with Crippen LogP contribution in [-0.2, 0) is 0 Å². The minimum absolute atomic E-state index is 0.227. The summed E-state index contributed by atoms with van der Waals surface area (Å²) in [6.07, 6.45) is 0. The van der Waals surface area contributed by atoms with Gasteiger partial charge < -0.3 is 14.8 Å². The average molecular weight is 390 g/mol. The second-order valence-corrected chi connectivity index (χ2v) is 7.09. The molecule has 0 saturated carbocycles.